The lowest BCUT2D eigenvalue weighted by molar-refractivity contribution is -0.145. The normalized spacial score (nSPS) is 25.6. The van der Waals surface area contributed by atoms with Gasteiger partial charge in [0.15, 0.2) is 0 Å². The van der Waals surface area contributed by atoms with Crippen LogP contribution in [0.15, 0.2) is 0 Å². The molecule has 1 saturated heterocycles. The molecule has 5 nitrogen and oxygen atoms in total. The Labute approximate surface area is 110 Å². The number of aliphatic hydroxyl groups excluding tert-OH is 1. The number of aliphatic hydroxyl groups is 1. The second-order valence-electron chi connectivity index (χ2n) is 5.88. The Hall–Kier alpha value is -0.650. The molecule has 1 N–H and O–H groups in total. The molecule has 0 aromatic rings. The molecule has 1 aliphatic heterocycles. The molecule has 0 aromatic heterocycles. The fourth-order valence-electron chi connectivity index (χ4n) is 2.02. The third-order valence-electron chi connectivity index (χ3n) is 3.57. The van der Waals surface area contributed by atoms with Crippen molar-refractivity contribution >= 4 is 5.91 Å². The molecular formula is C13H26N2O3. The molecule has 0 radical (unpaired) electrons. The summed E-state index contributed by atoms with van der Waals surface area (Å²) in [7, 11) is 1.86. The van der Waals surface area contributed by atoms with Gasteiger partial charge in [-0.3, -0.25) is 9.69 Å². The molecule has 0 aliphatic carbocycles. The summed E-state index contributed by atoms with van der Waals surface area (Å²) in [5.41, 5.74) is -0.376. The highest BCUT2D eigenvalue weighted by molar-refractivity contribution is 5.78. The van der Waals surface area contributed by atoms with Crippen LogP contribution in [-0.2, 0) is 9.53 Å². The molecule has 0 saturated carbocycles. The van der Waals surface area contributed by atoms with E-state index in [-0.39, 0.29) is 30.3 Å². The molecule has 106 valence electrons. The maximum absolute atomic E-state index is 12.2. The van der Waals surface area contributed by atoms with Gasteiger partial charge in [0.2, 0.25) is 5.91 Å². The van der Waals surface area contributed by atoms with E-state index in [9.17, 15) is 9.90 Å². The molecule has 18 heavy (non-hydrogen) atoms. The number of hydrogen-bond donors (Lipinski definition) is 1. The number of carbonyl (C=O) groups excluding carboxylic acids is 1. The monoisotopic (exact) mass is 258 g/mol. The van der Waals surface area contributed by atoms with Crippen LogP contribution in [0, 0.1) is 0 Å². The predicted octanol–water partition coefficient (Wildman–Crippen LogP) is 0.325. The average Bonchev–Trinajstić information content (AvgIpc) is 2.27. The third-order valence-corrected chi connectivity index (χ3v) is 3.57. The van der Waals surface area contributed by atoms with E-state index in [4.69, 9.17) is 4.74 Å². The maximum Gasteiger partial charge on any atom is 0.236 e. The van der Waals surface area contributed by atoms with Gasteiger partial charge in [0, 0.05) is 18.6 Å². The van der Waals surface area contributed by atoms with Crippen molar-refractivity contribution in [2.24, 2.45) is 0 Å². The van der Waals surface area contributed by atoms with Crippen LogP contribution in [0.5, 0.6) is 0 Å². The van der Waals surface area contributed by atoms with Crippen molar-refractivity contribution in [3.8, 4) is 0 Å². The number of amides is 1. The van der Waals surface area contributed by atoms with Gasteiger partial charge in [0.1, 0.15) is 0 Å². The number of likely N-dealkylation sites (N-methyl/N-ethyl adjacent to an activating group) is 1. The SMILES string of the molecule is CC1CN(C(=O)CN(C)C(C)(C)CO)CC(C)O1. The minimum Gasteiger partial charge on any atom is -0.394 e. The molecule has 2 atom stereocenters. The minimum absolute atomic E-state index is 0.0344. The van der Waals surface area contributed by atoms with Crippen LogP contribution in [0.1, 0.15) is 27.7 Å². The first-order valence-electron chi connectivity index (χ1n) is 6.51. The maximum atomic E-state index is 12.2. The van der Waals surface area contributed by atoms with Crippen LogP contribution in [0.3, 0.4) is 0 Å². The Morgan fingerprint density at radius 1 is 1.39 bits per heavy atom. The highest BCUT2D eigenvalue weighted by atomic mass is 16.5. The second-order valence-corrected chi connectivity index (χ2v) is 5.88. The van der Waals surface area contributed by atoms with Crippen molar-refractivity contribution < 1.29 is 14.6 Å². The first-order valence-corrected chi connectivity index (χ1v) is 6.51. The lowest BCUT2D eigenvalue weighted by atomic mass is 10.1. The van der Waals surface area contributed by atoms with Crippen LogP contribution in [0.2, 0.25) is 0 Å². The summed E-state index contributed by atoms with van der Waals surface area (Å²) in [5.74, 6) is 0.0982. The fourth-order valence-corrected chi connectivity index (χ4v) is 2.02. The number of ether oxygens (including phenoxy) is 1. The predicted molar refractivity (Wildman–Crippen MR) is 70.4 cm³/mol. The van der Waals surface area contributed by atoms with Gasteiger partial charge in [-0.1, -0.05) is 0 Å². The van der Waals surface area contributed by atoms with Gasteiger partial charge in [-0.25, -0.2) is 0 Å². The fraction of sp³-hybridized carbons (Fsp3) is 0.923. The molecule has 0 bridgehead atoms. The zero-order valence-corrected chi connectivity index (χ0v) is 12.1. The third kappa shape index (κ3) is 3.93. The largest absolute Gasteiger partial charge is 0.394 e. The molecule has 1 aliphatic rings. The highest BCUT2D eigenvalue weighted by Crippen LogP contribution is 2.14. The number of nitrogens with zero attached hydrogens (tertiary/aromatic N) is 2. The smallest absolute Gasteiger partial charge is 0.236 e. The van der Waals surface area contributed by atoms with Crippen molar-refractivity contribution in [2.45, 2.75) is 45.4 Å². The van der Waals surface area contributed by atoms with Crippen molar-refractivity contribution in [1.82, 2.24) is 9.80 Å². The molecule has 1 rings (SSSR count). The molecule has 0 spiro atoms. The Kier molecular flexibility index (Phi) is 5.13. The quantitative estimate of drug-likeness (QED) is 0.789. The standard InChI is InChI=1S/C13H26N2O3/c1-10-6-15(7-11(2)18-10)12(17)8-14(5)13(3,4)9-16/h10-11,16H,6-9H2,1-5H3. The number of carbonyl (C=O) groups is 1. The van der Waals surface area contributed by atoms with E-state index in [0.717, 1.165) is 0 Å². The minimum atomic E-state index is -0.376. The first kappa shape index (κ1) is 15.4. The first-order chi connectivity index (χ1) is 8.26. The highest BCUT2D eigenvalue weighted by Gasteiger charge is 2.29. The molecule has 1 fully saturated rings. The Morgan fingerprint density at radius 3 is 2.33 bits per heavy atom. The molecule has 1 amide bonds. The van der Waals surface area contributed by atoms with Crippen molar-refractivity contribution in [3.63, 3.8) is 0 Å². The molecule has 0 aromatic carbocycles. The van der Waals surface area contributed by atoms with Gasteiger partial charge in [-0.2, -0.15) is 0 Å². The Balaban J connectivity index is 2.55. The van der Waals surface area contributed by atoms with Gasteiger partial charge in [-0.05, 0) is 34.7 Å². The van der Waals surface area contributed by atoms with Gasteiger partial charge in [-0.15, -0.1) is 0 Å². The van der Waals surface area contributed by atoms with E-state index in [1.54, 1.807) is 0 Å². The van der Waals surface area contributed by atoms with E-state index in [0.29, 0.717) is 19.6 Å². The summed E-state index contributed by atoms with van der Waals surface area (Å²) < 4.78 is 5.61. The summed E-state index contributed by atoms with van der Waals surface area (Å²) in [5, 5.41) is 9.29. The van der Waals surface area contributed by atoms with Crippen molar-refractivity contribution in [2.75, 3.05) is 33.3 Å². The van der Waals surface area contributed by atoms with Gasteiger partial charge >= 0.3 is 0 Å². The van der Waals surface area contributed by atoms with Gasteiger partial charge in [0.25, 0.3) is 0 Å². The zero-order chi connectivity index (χ0) is 13.9. The zero-order valence-electron chi connectivity index (χ0n) is 12.1. The van der Waals surface area contributed by atoms with Crippen LogP contribution in [0.4, 0.5) is 0 Å². The van der Waals surface area contributed by atoms with E-state index < -0.39 is 0 Å². The summed E-state index contributed by atoms with van der Waals surface area (Å²) in [6, 6.07) is 0. The van der Waals surface area contributed by atoms with Crippen molar-refractivity contribution in [3.05, 3.63) is 0 Å². The van der Waals surface area contributed by atoms with Crippen LogP contribution in [-0.4, -0.2) is 71.8 Å². The van der Waals surface area contributed by atoms with Crippen LogP contribution in [0.25, 0.3) is 0 Å². The van der Waals surface area contributed by atoms with Crippen LogP contribution >= 0.6 is 0 Å². The average molecular weight is 258 g/mol. The number of rotatable bonds is 4. The molecule has 1 heterocycles. The topological polar surface area (TPSA) is 53.0 Å². The van der Waals surface area contributed by atoms with Crippen molar-refractivity contribution in [1.29, 1.82) is 0 Å². The number of morpholine rings is 1. The number of hydrogen-bond acceptors (Lipinski definition) is 4. The summed E-state index contributed by atoms with van der Waals surface area (Å²) in [4.78, 5) is 15.9. The molecular weight excluding hydrogens is 232 g/mol. The molecule has 2 unspecified atom stereocenters. The van der Waals surface area contributed by atoms with E-state index in [1.807, 2.05) is 44.5 Å². The summed E-state index contributed by atoms with van der Waals surface area (Å²) in [6.07, 6.45) is 0.183. The van der Waals surface area contributed by atoms with Gasteiger partial charge < -0.3 is 14.7 Å². The lowest BCUT2D eigenvalue weighted by Crippen LogP contribution is -2.54. The Morgan fingerprint density at radius 2 is 1.89 bits per heavy atom. The Bertz CT molecular complexity index is 284. The van der Waals surface area contributed by atoms with E-state index in [1.165, 1.54) is 0 Å². The second kappa shape index (κ2) is 5.99. The van der Waals surface area contributed by atoms with Gasteiger partial charge in [0.05, 0.1) is 25.4 Å². The van der Waals surface area contributed by atoms with E-state index >= 15 is 0 Å². The lowest BCUT2D eigenvalue weighted by Gasteiger charge is -2.38. The van der Waals surface area contributed by atoms with E-state index in [2.05, 4.69) is 0 Å². The summed E-state index contributed by atoms with van der Waals surface area (Å²) in [6.45, 7) is 9.47. The summed E-state index contributed by atoms with van der Waals surface area (Å²) >= 11 is 0. The van der Waals surface area contributed by atoms with Crippen LogP contribution < -0.4 is 0 Å². The molecule has 5 heteroatoms.